The van der Waals surface area contributed by atoms with Gasteiger partial charge in [0.1, 0.15) is 0 Å². The minimum atomic E-state index is -0.993. The lowest BCUT2D eigenvalue weighted by atomic mass is 9.89. The molecule has 2 aromatic carbocycles. The Hall–Kier alpha value is -4.20. The molecule has 2 aromatic rings. The maximum Gasteiger partial charge on any atom is 0.257 e. The van der Waals surface area contributed by atoms with Crippen molar-refractivity contribution in [3.05, 3.63) is 84.0 Å². The molecule has 8 heteroatoms. The number of carbonyl (C=O) groups is 4. The summed E-state index contributed by atoms with van der Waals surface area (Å²) in [4.78, 5) is 55.0. The van der Waals surface area contributed by atoms with Crippen molar-refractivity contribution in [3.8, 4) is 0 Å². The molecule has 2 atom stereocenters. The quantitative estimate of drug-likeness (QED) is 0.303. The van der Waals surface area contributed by atoms with E-state index in [2.05, 4.69) is 23.8 Å². The number of nitrogens with one attached hydrogen (secondary N) is 2. The third-order valence-corrected chi connectivity index (χ3v) is 9.30. The fourth-order valence-electron chi connectivity index (χ4n) is 7.13. The van der Waals surface area contributed by atoms with Gasteiger partial charge in [-0.1, -0.05) is 88.1 Å². The number of hydrogen-bond acceptors (Lipinski definition) is 4. The van der Waals surface area contributed by atoms with Gasteiger partial charge in [-0.05, 0) is 25.0 Å². The van der Waals surface area contributed by atoms with Crippen LogP contribution >= 0.6 is 0 Å². The Labute approximate surface area is 246 Å². The monoisotopic (exact) mass is 566 g/mol. The molecular weight excluding hydrogens is 528 g/mol. The zero-order chi connectivity index (χ0) is 29.5. The maximum atomic E-state index is 13.5. The number of rotatable bonds is 11. The van der Waals surface area contributed by atoms with Gasteiger partial charge in [0.05, 0.1) is 0 Å². The summed E-state index contributed by atoms with van der Waals surface area (Å²) >= 11 is 0. The predicted octanol–water partition coefficient (Wildman–Crippen LogP) is 4.74. The highest BCUT2D eigenvalue weighted by molar-refractivity contribution is 6.14. The van der Waals surface area contributed by atoms with Crippen LogP contribution in [0.25, 0.3) is 0 Å². The van der Waals surface area contributed by atoms with Crippen LogP contribution in [0, 0.1) is 0 Å². The third-order valence-electron chi connectivity index (χ3n) is 9.30. The molecule has 4 heterocycles. The van der Waals surface area contributed by atoms with Crippen molar-refractivity contribution < 1.29 is 19.2 Å². The lowest BCUT2D eigenvalue weighted by molar-refractivity contribution is -0.127. The Morgan fingerprint density at radius 1 is 0.571 bits per heavy atom. The van der Waals surface area contributed by atoms with Gasteiger partial charge in [-0.15, -0.1) is 0 Å². The van der Waals surface area contributed by atoms with Crippen molar-refractivity contribution in [2.75, 3.05) is 22.9 Å². The minimum Gasteiger partial charge on any atom is -0.334 e. The number of carbonyl (C=O) groups excluding carboxylic acids is 4. The number of benzene rings is 2. The van der Waals surface area contributed by atoms with E-state index in [0.717, 1.165) is 73.9 Å². The lowest BCUT2D eigenvalue weighted by Gasteiger charge is -2.23. The van der Waals surface area contributed by atoms with E-state index in [0.29, 0.717) is 37.1 Å². The molecule has 0 bridgehead atoms. The van der Waals surface area contributed by atoms with Crippen LogP contribution in [0.15, 0.2) is 72.8 Å². The van der Waals surface area contributed by atoms with Gasteiger partial charge in [-0.3, -0.25) is 19.2 Å². The molecule has 4 amide bonds. The topological polar surface area (TPSA) is 98.8 Å². The molecule has 8 nitrogen and oxygen atoms in total. The highest BCUT2D eigenvalue weighted by atomic mass is 16.2. The van der Waals surface area contributed by atoms with Crippen LogP contribution in [-0.2, 0) is 30.3 Å². The van der Waals surface area contributed by atoms with Crippen LogP contribution in [-0.4, -0.2) is 36.7 Å². The van der Waals surface area contributed by atoms with Crippen LogP contribution in [0.5, 0.6) is 0 Å². The Morgan fingerprint density at radius 3 is 1.29 bits per heavy atom. The van der Waals surface area contributed by atoms with Crippen molar-refractivity contribution in [2.24, 2.45) is 0 Å². The van der Waals surface area contributed by atoms with Gasteiger partial charge in [0, 0.05) is 59.6 Å². The molecule has 4 aliphatic rings. The van der Waals surface area contributed by atoms with Crippen LogP contribution in [0.4, 0.5) is 11.4 Å². The Morgan fingerprint density at radius 2 is 0.929 bits per heavy atom. The second kappa shape index (κ2) is 10.9. The molecule has 0 radical (unpaired) electrons. The molecule has 2 fully saturated rings. The van der Waals surface area contributed by atoms with E-state index in [1.807, 2.05) is 58.3 Å². The van der Waals surface area contributed by atoms with Gasteiger partial charge in [-0.25, -0.2) is 0 Å². The summed E-state index contributed by atoms with van der Waals surface area (Å²) < 4.78 is 0. The highest BCUT2D eigenvalue weighted by Crippen LogP contribution is 2.47. The Balaban J connectivity index is 0.915. The number of hydrogen-bond donors (Lipinski definition) is 2. The highest BCUT2D eigenvalue weighted by Gasteiger charge is 2.56. The summed E-state index contributed by atoms with van der Waals surface area (Å²) in [6.07, 6.45) is 9.01. The number of fused-ring (bicyclic) bond motifs is 4. The molecule has 42 heavy (non-hydrogen) atoms. The van der Waals surface area contributed by atoms with E-state index >= 15 is 0 Å². The zero-order valence-corrected chi connectivity index (χ0v) is 24.0. The van der Waals surface area contributed by atoms with Crippen LogP contribution in [0.3, 0.4) is 0 Å². The van der Waals surface area contributed by atoms with Gasteiger partial charge in [-0.2, -0.15) is 0 Å². The van der Waals surface area contributed by atoms with E-state index in [-0.39, 0.29) is 23.6 Å². The van der Waals surface area contributed by atoms with Crippen LogP contribution in [0.2, 0.25) is 0 Å². The van der Waals surface area contributed by atoms with Gasteiger partial charge < -0.3 is 20.4 Å². The summed E-state index contributed by atoms with van der Waals surface area (Å²) in [5, 5.41) is 5.84. The van der Waals surface area contributed by atoms with E-state index in [9.17, 15) is 19.2 Å². The van der Waals surface area contributed by atoms with Gasteiger partial charge >= 0.3 is 0 Å². The normalized spacial score (nSPS) is 24.3. The first-order valence-corrected chi connectivity index (χ1v) is 15.1. The average Bonchev–Trinajstić information content (AvgIpc) is 3.61. The van der Waals surface area contributed by atoms with Crippen LogP contribution < -0.4 is 20.4 Å². The molecular formula is C34H38N4O4. The Bertz CT molecular complexity index is 1350. The molecule has 2 unspecified atom stereocenters. The molecule has 0 aliphatic carbocycles. The van der Waals surface area contributed by atoms with E-state index in [4.69, 9.17) is 0 Å². The van der Waals surface area contributed by atoms with Crippen molar-refractivity contribution in [1.29, 1.82) is 0 Å². The van der Waals surface area contributed by atoms with Crippen molar-refractivity contribution >= 4 is 35.0 Å². The summed E-state index contributed by atoms with van der Waals surface area (Å²) in [6.45, 7) is 8.97. The molecule has 218 valence electrons. The molecule has 0 saturated carbocycles. The van der Waals surface area contributed by atoms with Crippen molar-refractivity contribution in [2.45, 2.75) is 75.3 Å². The van der Waals surface area contributed by atoms with Crippen LogP contribution in [0.1, 0.15) is 75.3 Å². The molecule has 6 rings (SSSR count). The largest absolute Gasteiger partial charge is 0.334 e. The third kappa shape index (κ3) is 4.44. The summed E-state index contributed by atoms with van der Waals surface area (Å²) in [7, 11) is 0. The van der Waals surface area contributed by atoms with Crippen molar-refractivity contribution in [1.82, 2.24) is 10.6 Å². The van der Waals surface area contributed by atoms with Gasteiger partial charge in [0.15, 0.2) is 11.1 Å². The van der Waals surface area contributed by atoms with Gasteiger partial charge in [0.25, 0.3) is 11.8 Å². The van der Waals surface area contributed by atoms with Crippen molar-refractivity contribution in [3.63, 3.8) is 0 Å². The molecule has 0 aromatic heterocycles. The number of amides is 4. The molecule has 2 saturated heterocycles. The molecule has 4 aliphatic heterocycles. The Kier molecular flexibility index (Phi) is 7.25. The predicted molar refractivity (Wildman–Crippen MR) is 162 cm³/mol. The summed E-state index contributed by atoms with van der Waals surface area (Å²) in [6, 6.07) is 15.5. The second-order valence-electron chi connectivity index (χ2n) is 12.1. The van der Waals surface area contributed by atoms with E-state index < -0.39 is 11.1 Å². The first-order chi connectivity index (χ1) is 20.3. The summed E-state index contributed by atoms with van der Waals surface area (Å²) in [5.41, 5.74) is 2.44. The van der Waals surface area contributed by atoms with Gasteiger partial charge in [0.2, 0.25) is 11.8 Å². The summed E-state index contributed by atoms with van der Waals surface area (Å²) in [5.74, 6) is -0.592. The number of unbranched alkanes of at least 4 members (excludes halogenated alkanes) is 7. The minimum absolute atomic E-state index is 0.0547. The standard InChI is InChI=1S/C34H38N4O4/c1-23-21-33(35-29(23)39)25-15-9-11-17-27(25)37(31(33)41)19-13-7-5-3-4-6-8-14-20-38-28-18-12-10-16-26(28)34(32(38)42)22-24(2)30(40)36-34/h9-12,15-18H,1-8,13-14,19-22H2,(H,35,39)(H,36,40). The van der Waals surface area contributed by atoms with E-state index in [1.165, 1.54) is 0 Å². The smallest absolute Gasteiger partial charge is 0.257 e. The fraction of sp³-hybridized carbons (Fsp3) is 0.412. The first-order valence-electron chi connectivity index (χ1n) is 15.1. The number of nitrogens with zero attached hydrogens (tertiary/aromatic N) is 2. The number of para-hydroxylation sites is 2. The van der Waals surface area contributed by atoms with E-state index in [1.54, 1.807) is 0 Å². The molecule has 2 N–H and O–H groups in total. The molecule has 2 spiro atoms. The SMILES string of the molecule is C=C1CC2(NC1=O)C(=O)N(CCCCCCCCCCN1C(=O)C3(CC(=C)C(=O)N3)c3ccccc31)c1ccccc12. The lowest BCUT2D eigenvalue weighted by Crippen LogP contribution is -2.48. The zero-order valence-electron chi connectivity index (χ0n) is 24.0. The average molecular weight is 567 g/mol. The second-order valence-corrected chi connectivity index (χ2v) is 12.1. The maximum absolute atomic E-state index is 13.5. The first kappa shape index (κ1) is 27.9. The number of anilines is 2. The fourth-order valence-corrected chi connectivity index (χ4v) is 7.13.